The van der Waals surface area contributed by atoms with Crippen LogP contribution in [0, 0.1) is 0 Å². The Hall–Kier alpha value is -2.18. The Morgan fingerprint density at radius 3 is 2.77 bits per heavy atom. The first kappa shape index (κ1) is 13.5. The van der Waals surface area contributed by atoms with Crippen molar-refractivity contribution in [2.24, 2.45) is 0 Å². The summed E-state index contributed by atoms with van der Waals surface area (Å²) in [6.45, 7) is 3.13. The van der Waals surface area contributed by atoms with Gasteiger partial charge in [0.05, 0.1) is 35.0 Å². The first-order valence-electron chi connectivity index (χ1n) is 7.09. The molecule has 6 nitrogen and oxygen atoms in total. The first-order valence-corrected chi connectivity index (χ1v) is 7.47. The Morgan fingerprint density at radius 1 is 1.14 bits per heavy atom. The number of aromatic nitrogens is 4. The number of nitrogens with one attached hydrogen (secondary N) is 1. The largest absolute Gasteiger partial charge is 0.378 e. The third-order valence-corrected chi connectivity index (χ3v) is 3.94. The molecule has 3 aromatic heterocycles. The van der Waals surface area contributed by atoms with Crippen molar-refractivity contribution >= 4 is 28.5 Å². The van der Waals surface area contributed by atoms with Crippen molar-refractivity contribution in [3.8, 4) is 11.4 Å². The highest BCUT2D eigenvalue weighted by atomic mass is 35.5. The van der Waals surface area contributed by atoms with Crippen LogP contribution in [0.4, 0.5) is 5.82 Å². The zero-order valence-electron chi connectivity index (χ0n) is 11.8. The second kappa shape index (κ2) is 5.55. The van der Waals surface area contributed by atoms with Crippen LogP contribution in [0.2, 0.25) is 5.02 Å². The minimum Gasteiger partial charge on any atom is -0.378 e. The third kappa shape index (κ3) is 2.40. The van der Waals surface area contributed by atoms with Gasteiger partial charge in [0, 0.05) is 19.3 Å². The molecule has 1 fully saturated rings. The number of hydrogen-bond acceptors (Lipinski definition) is 5. The van der Waals surface area contributed by atoms with Crippen LogP contribution in [0.3, 0.4) is 0 Å². The molecule has 0 atom stereocenters. The van der Waals surface area contributed by atoms with Gasteiger partial charge in [-0.05, 0) is 18.2 Å². The fourth-order valence-corrected chi connectivity index (χ4v) is 2.74. The molecule has 0 bridgehead atoms. The van der Waals surface area contributed by atoms with Gasteiger partial charge in [-0.2, -0.15) is 0 Å². The SMILES string of the molecule is Clc1ccc(-c2cc3c(N4CCOCC4)ncnc3[nH]2)nc1. The number of fused-ring (bicyclic) bond motifs is 1. The average molecular weight is 316 g/mol. The molecule has 0 aliphatic carbocycles. The zero-order chi connectivity index (χ0) is 14.9. The number of ether oxygens (including phenoxy) is 1. The second-order valence-corrected chi connectivity index (χ2v) is 5.54. The summed E-state index contributed by atoms with van der Waals surface area (Å²) in [4.78, 5) is 18.6. The van der Waals surface area contributed by atoms with Crippen molar-refractivity contribution in [3.63, 3.8) is 0 Å². The van der Waals surface area contributed by atoms with Crippen molar-refractivity contribution in [3.05, 3.63) is 35.7 Å². The highest BCUT2D eigenvalue weighted by molar-refractivity contribution is 6.30. The molecule has 1 saturated heterocycles. The lowest BCUT2D eigenvalue weighted by molar-refractivity contribution is 0.122. The van der Waals surface area contributed by atoms with E-state index in [0.29, 0.717) is 5.02 Å². The molecule has 0 amide bonds. The van der Waals surface area contributed by atoms with Crippen LogP contribution in [0.25, 0.3) is 22.4 Å². The number of hydrogen-bond donors (Lipinski definition) is 1. The maximum atomic E-state index is 5.89. The second-order valence-electron chi connectivity index (χ2n) is 5.10. The molecule has 22 heavy (non-hydrogen) atoms. The quantitative estimate of drug-likeness (QED) is 0.787. The van der Waals surface area contributed by atoms with E-state index in [1.807, 2.05) is 18.2 Å². The van der Waals surface area contributed by atoms with E-state index >= 15 is 0 Å². The van der Waals surface area contributed by atoms with Gasteiger partial charge in [-0.15, -0.1) is 0 Å². The lowest BCUT2D eigenvalue weighted by Crippen LogP contribution is -2.36. The molecule has 0 radical (unpaired) electrons. The Balaban J connectivity index is 1.78. The monoisotopic (exact) mass is 315 g/mol. The van der Waals surface area contributed by atoms with Gasteiger partial charge in [0.15, 0.2) is 0 Å². The summed E-state index contributed by atoms with van der Waals surface area (Å²) in [5.41, 5.74) is 2.54. The number of halogens is 1. The highest BCUT2D eigenvalue weighted by Gasteiger charge is 2.17. The van der Waals surface area contributed by atoms with Gasteiger partial charge in [0.25, 0.3) is 0 Å². The molecule has 4 rings (SSSR count). The van der Waals surface area contributed by atoms with Gasteiger partial charge in [0.2, 0.25) is 0 Å². The molecule has 0 aromatic carbocycles. The summed E-state index contributed by atoms with van der Waals surface area (Å²) in [6.07, 6.45) is 3.22. The highest BCUT2D eigenvalue weighted by Crippen LogP contribution is 2.28. The van der Waals surface area contributed by atoms with Crippen molar-refractivity contribution < 1.29 is 4.74 Å². The van der Waals surface area contributed by atoms with Crippen molar-refractivity contribution in [1.82, 2.24) is 19.9 Å². The zero-order valence-corrected chi connectivity index (χ0v) is 12.5. The molecule has 1 aliphatic heterocycles. The number of pyridine rings is 1. The van der Waals surface area contributed by atoms with Gasteiger partial charge < -0.3 is 14.6 Å². The van der Waals surface area contributed by atoms with Gasteiger partial charge >= 0.3 is 0 Å². The van der Waals surface area contributed by atoms with Crippen LogP contribution in [0.1, 0.15) is 0 Å². The summed E-state index contributed by atoms with van der Waals surface area (Å²) >= 11 is 5.89. The topological polar surface area (TPSA) is 66.9 Å². The molecular formula is C15H14ClN5O. The smallest absolute Gasteiger partial charge is 0.143 e. The van der Waals surface area contributed by atoms with Crippen molar-refractivity contribution in [2.45, 2.75) is 0 Å². The molecular weight excluding hydrogens is 302 g/mol. The van der Waals surface area contributed by atoms with Crippen LogP contribution in [-0.2, 0) is 4.74 Å². The number of aromatic amines is 1. The van der Waals surface area contributed by atoms with Gasteiger partial charge in [-0.25, -0.2) is 9.97 Å². The van der Waals surface area contributed by atoms with Gasteiger partial charge in [0.1, 0.15) is 17.8 Å². The maximum absolute atomic E-state index is 5.89. The fraction of sp³-hybridized carbons (Fsp3) is 0.267. The van der Waals surface area contributed by atoms with E-state index in [0.717, 1.165) is 54.5 Å². The van der Waals surface area contributed by atoms with Crippen LogP contribution >= 0.6 is 11.6 Å². The van der Waals surface area contributed by atoms with E-state index in [-0.39, 0.29) is 0 Å². The Morgan fingerprint density at radius 2 is 2.00 bits per heavy atom. The standard InChI is InChI=1S/C15H14ClN5O/c16-10-1-2-12(17-8-10)13-7-11-14(20-13)18-9-19-15(11)21-3-5-22-6-4-21/h1-2,7-9H,3-6H2,(H,18,19,20). The number of anilines is 1. The van der Waals surface area contributed by atoms with Crippen molar-refractivity contribution in [1.29, 1.82) is 0 Å². The number of nitrogens with zero attached hydrogens (tertiary/aromatic N) is 4. The summed E-state index contributed by atoms with van der Waals surface area (Å²) in [7, 11) is 0. The predicted octanol–water partition coefficient (Wildman–Crippen LogP) is 2.51. The predicted molar refractivity (Wildman–Crippen MR) is 85.2 cm³/mol. The third-order valence-electron chi connectivity index (χ3n) is 3.72. The van der Waals surface area contributed by atoms with Crippen LogP contribution < -0.4 is 4.90 Å². The van der Waals surface area contributed by atoms with E-state index in [1.54, 1.807) is 12.5 Å². The Labute approximate surface area is 132 Å². The summed E-state index contributed by atoms with van der Waals surface area (Å²) < 4.78 is 5.40. The molecule has 112 valence electrons. The molecule has 0 unspecified atom stereocenters. The van der Waals surface area contributed by atoms with E-state index in [1.165, 1.54) is 0 Å². The average Bonchev–Trinajstić information content (AvgIpc) is 3.00. The van der Waals surface area contributed by atoms with Gasteiger partial charge in [-0.3, -0.25) is 4.98 Å². The normalized spacial score (nSPS) is 15.4. The number of H-pyrrole nitrogens is 1. The van der Waals surface area contributed by atoms with E-state index in [4.69, 9.17) is 16.3 Å². The van der Waals surface area contributed by atoms with Crippen LogP contribution in [0.5, 0.6) is 0 Å². The van der Waals surface area contributed by atoms with Gasteiger partial charge in [-0.1, -0.05) is 11.6 Å². The van der Waals surface area contributed by atoms with Crippen LogP contribution in [-0.4, -0.2) is 46.2 Å². The summed E-state index contributed by atoms with van der Waals surface area (Å²) in [5.74, 6) is 0.935. The van der Waals surface area contributed by atoms with E-state index in [9.17, 15) is 0 Å². The van der Waals surface area contributed by atoms with E-state index in [2.05, 4.69) is 24.8 Å². The first-order chi connectivity index (χ1) is 10.8. The van der Waals surface area contributed by atoms with E-state index < -0.39 is 0 Å². The minimum absolute atomic E-state index is 0.619. The lowest BCUT2D eigenvalue weighted by atomic mass is 10.2. The molecule has 0 saturated carbocycles. The lowest BCUT2D eigenvalue weighted by Gasteiger charge is -2.27. The fourth-order valence-electron chi connectivity index (χ4n) is 2.63. The molecule has 1 aliphatic rings. The Kier molecular flexibility index (Phi) is 3.40. The molecule has 1 N–H and O–H groups in total. The minimum atomic E-state index is 0.619. The molecule has 7 heteroatoms. The van der Waals surface area contributed by atoms with Crippen LogP contribution in [0.15, 0.2) is 30.7 Å². The number of morpholine rings is 1. The number of rotatable bonds is 2. The molecule has 4 heterocycles. The van der Waals surface area contributed by atoms with Crippen molar-refractivity contribution in [2.75, 3.05) is 31.2 Å². The maximum Gasteiger partial charge on any atom is 0.143 e. The Bertz CT molecular complexity index is 795. The summed E-state index contributed by atoms with van der Waals surface area (Å²) in [5, 5.41) is 1.62. The molecule has 0 spiro atoms. The molecule has 3 aromatic rings. The summed E-state index contributed by atoms with van der Waals surface area (Å²) in [6, 6.07) is 5.75.